The minimum Gasteiger partial charge on any atom is -0.363 e. The summed E-state index contributed by atoms with van der Waals surface area (Å²) in [6.45, 7) is 4.36. The predicted molar refractivity (Wildman–Crippen MR) is 84.1 cm³/mol. The molecule has 0 saturated carbocycles. The number of anilines is 1. The van der Waals surface area contributed by atoms with Crippen LogP contribution in [-0.2, 0) is 6.54 Å². The molecule has 0 atom stereocenters. The highest BCUT2D eigenvalue weighted by Crippen LogP contribution is 2.19. The fraction of sp³-hybridized carbons (Fsp3) is 0.188. The molecule has 0 fully saturated rings. The van der Waals surface area contributed by atoms with E-state index in [0.29, 0.717) is 12.4 Å². The van der Waals surface area contributed by atoms with Crippen molar-refractivity contribution < 1.29 is 0 Å². The molecule has 110 valence electrons. The Kier molecular flexibility index (Phi) is 4.00. The maximum absolute atomic E-state index is 4.46. The van der Waals surface area contributed by atoms with E-state index in [-0.39, 0.29) is 0 Å². The number of hydrogen-bond acceptors (Lipinski definition) is 6. The van der Waals surface area contributed by atoms with Gasteiger partial charge in [-0.1, -0.05) is 0 Å². The van der Waals surface area contributed by atoms with Gasteiger partial charge in [-0.3, -0.25) is 4.98 Å². The summed E-state index contributed by atoms with van der Waals surface area (Å²) in [7, 11) is 0. The van der Waals surface area contributed by atoms with Crippen LogP contribution in [-0.4, -0.2) is 24.9 Å². The number of hydrogen-bond donors (Lipinski definition) is 1. The third-order valence-electron chi connectivity index (χ3n) is 3.08. The maximum Gasteiger partial charge on any atom is 0.147 e. The summed E-state index contributed by atoms with van der Waals surface area (Å²) in [6, 6.07) is 5.76. The summed E-state index contributed by atoms with van der Waals surface area (Å²) in [5, 5.41) is 3.24. The van der Waals surface area contributed by atoms with Crippen molar-refractivity contribution in [2.45, 2.75) is 20.4 Å². The van der Waals surface area contributed by atoms with Crippen LogP contribution >= 0.6 is 0 Å². The zero-order valence-corrected chi connectivity index (χ0v) is 12.5. The van der Waals surface area contributed by atoms with Crippen molar-refractivity contribution in [2.24, 2.45) is 0 Å². The lowest BCUT2D eigenvalue weighted by Crippen LogP contribution is -2.07. The van der Waals surface area contributed by atoms with E-state index in [1.807, 2.05) is 32.0 Å². The summed E-state index contributed by atoms with van der Waals surface area (Å²) in [5.41, 5.74) is 2.92. The second-order valence-electron chi connectivity index (χ2n) is 4.95. The zero-order chi connectivity index (χ0) is 15.4. The number of pyridine rings is 1. The highest BCUT2D eigenvalue weighted by atomic mass is 15.0. The van der Waals surface area contributed by atoms with Gasteiger partial charge < -0.3 is 5.32 Å². The zero-order valence-electron chi connectivity index (χ0n) is 12.5. The number of nitrogens with one attached hydrogen (secondary N) is 1. The molecular formula is C16H16N6. The Hall–Kier alpha value is -2.89. The second kappa shape index (κ2) is 6.26. The van der Waals surface area contributed by atoms with E-state index in [0.717, 1.165) is 28.5 Å². The highest BCUT2D eigenvalue weighted by Gasteiger charge is 2.05. The summed E-state index contributed by atoms with van der Waals surface area (Å²) < 4.78 is 0. The van der Waals surface area contributed by atoms with Crippen molar-refractivity contribution in [1.82, 2.24) is 24.9 Å². The Morgan fingerprint density at radius 3 is 2.45 bits per heavy atom. The largest absolute Gasteiger partial charge is 0.363 e. The molecule has 0 spiro atoms. The van der Waals surface area contributed by atoms with Crippen LogP contribution in [0.4, 0.5) is 5.82 Å². The van der Waals surface area contributed by atoms with Crippen LogP contribution in [0, 0.1) is 13.8 Å². The number of nitrogens with zero attached hydrogens (tertiary/aromatic N) is 5. The van der Waals surface area contributed by atoms with Crippen molar-refractivity contribution in [2.75, 3.05) is 5.32 Å². The highest BCUT2D eigenvalue weighted by molar-refractivity contribution is 5.61. The summed E-state index contributed by atoms with van der Waals surface area (Å²) >= 11 is 0. The van der Waals surface area contributed by atoms with Crippen molar-refractivity contribution in [3.8, 4) is 11.3 Å². The first kappa shape index (κ1) is 14.1. The van der Waals surface area contributed by atoms with E-state index in [4.69, 9.17) is 0 Å². The summed E-state index contributed by atoms with van der Waals surface area (Å²) in [5.74, 6) is 2.19. The van der Waals surface area contributed by atoms with Crippen molar-refractivity contribution in [3.63, 3.8) is 0 Å². The van der Waals surface area contributed by atoms with Gasteiger partial charge in [0.05, 0.1) is 12.2 Å². The molecule has 0 aliphatic rings. The number of rotatable bonds is 4. The SMILES string of the molecule is Cc1cnc(CNc2cc(-c3ccncc3)nc(C)n2)nc1. The van der Waals surface area contributed by atoms with Crippen molar-refractivity contribution >= 4 is 5.82 Å². The molecule has 0 aliphatic heterocycles. The first-order chi connectivity index (χ1) is 10.7. The van der Waals surface area contributed by atoms with Crippen LogP contribution in [0.25, 0.3) is 11.3 Å². The Balaban J connectivity index is 1.79. The third-order valence-corrected chi connectivity index (χ3v) is 3.08. The van der Waals surface area contributed by atoms with Crippen LogP contribution in [0.15, 0.2) is 43.0 Å². The standard InChI is InChI=1S/C16H16N6/c1-11-8-18-16(19-9-11)10-20-15-7-14(21-12(2)22-15)13-3-5-17-6-4-13/h3-9H,10H2,1-2H3,(H,20,21,22). The molecule has 6 heteroatoms. The minimum absolute atomic E-state index is 0.520. The number of aryl methyl sites for hydroxylation is 2. The molecule has 3 rings (SSSR count). The molecule has 0 saturated heterocycles. The van der Waals surface area contributed by atoms with Crippen LogP contribution in [0.5, 0.6) is 0 Å². The minimum atomic E-state index is 0.520. The molecule has 3 aromatic heterocycles. The lowest BCUT2D eigenvalue weighted by Gasteiger charge is -2.08. The Morgan fingerprint density at radius 1 is 1.00 bits per heavy atom. The normalized spacial score (nSPS) is 10.5. The van der Waals surface area contributed by atoms with Gasteiger partial charge in [-0.15, -0.1) is 0 Å². The Labute approximate surface area is 128 Å². The van der Waals surface area contributed by atoms with Gasteiger partial charge in [0.2, 0.25) is 0 Å². The first-order valence-corrected chi connectivity index (χ1v) is 6.98. The van der Waals surface area contributed by atoms with E-state index in [1.54, 1.807) is 24.8 Å². The molecule has 0 bridgehead atoms. The maximum atomic E-state index is 4.46. The summed E-state index contributed by atoms with van der Waals surface area (Å²) in [6.07, 6.45) is 7.11. The topological polar surface area (TPSA) is 76.5 Å². The van der Waals surface area contributed by atoms with Crippen LogP contribution in [0.3, 0.4) is 0 Å². The van der Waals surface area contributed by atoms with E-state index in [1.165, 1.54) is 0 Å². The molecule has 0 unspecified atom stereocenters. The van der Waals surface area contributed by atoms with Gasteiger partial charge in [-0.2, -0.15) is 0 Å². The van der Waals surface area contributed by atoms with Crippen molar-refractivity contribution in [1.29, 1.82) is 0 Å². The molecular weight excluding hydrogens is 276 g/mol. The molecule has 0 aliphatic carbocycles. The van der Waals surface area contributed by atoms with Crippen molar-refractivity contribution in [3.05, 3.63) is 60.2 Å². The van der Waals surface area contributed by atoms with Gasteiger partial charge >= 0.3 is 0 Å². The van der Waals surface area contributed by atoms with Gasteiger partial charge in [-0.25, -0.2) is 19.9 Å². The monoisotopic (exact) mass is 292 g/mol. The van der Waals surface area contributed by atoms with Gasteiger partial charge in [-0.05, 0) is 31.5 Å². The quantitative estimate of drug-likeness (QED) is 0.796. The molecule has 3 heterocycles. The van der Waals surface area contributed by atoms with E-state index >= 15 is 0 Å². The van der Waals surface area contributed by atoms with E-state index in [9.17, 15) is 0 Å². The van der Waals surface area contributed by atoms with Crippen LogP contribution < -0.4 is 5.32 Å². The molecule has 6 nitrogen and oxygen atoms in total. The smallest absolute Gasteiger partial charge is 0.147 e. The molecule has 0 amide bonds. The summed E-state index contributed by atoms with van der Waals surface area (Å²) in [4.78, 5) is 21.4. The van der Waals surface area contributed by atoms with E-state index in [2.05, 4.69) is 30.2 Å². The van der Waals surface area contributed by atoms with Crippen LogP contribution in [0.2, 0.25) is 0 Å². The number of aromatic nitrogens is 5. The molecule has 0 radical (unpaired) electrons. The Morgan fingerprint density at radius 2 is 1.73 bits per heavy atom. The first-order valence-electron chi connectivity index (χ1n) is 6.98. The Bertz CT molecular complexity index is 755. The second-order valence-corrected chi connectivity index (χ2v) is 4.95. The lowest BCUT2D eigenvalue weighted by molar-refractivity contribution is 0.924. The van der Waals surface area contributed by atoms with Crippen LogP contribution in [0.1, 0.15) is 17.2 Å². The average molecular weight is 292 g/mol. The fourth-order valence-corrected chi connectivity index (χ4v) is 2.01. The lowest BCUT2D eigenvalue weighted by atomic mass is 10.2. The molecule has 3 aromatic rings. The van der Waals surface area contributed by atoms with E-state index < -0.39 is 0 Å². The van der Waals surface area contributed by atoms with Gasteiger partial charge in [0, 0.05) is 36.4 Å². The van der Waals surface area contributed by atoms with Gasteiger partial charge in [0.15, 0.2) is 0 Å². The third kappa shape index (κ3) is 3.41. The average Bonchev–Trinajstić information content (AvgIpc) is 2.55. The fourth-order valence-electron chi connectivity index (χ4n) is 2.01. The molecule has 1 N–H and O–H groups in total. The predicted octanol–water partition coefficient (Wildman–Crippen LogP) is 2.56. The molecule has 22 heavy (non-hydrogen) atoms. The molecule has 0 aromatic carbocycles. The van der Waals surface area contributed by atoms with Gasteiger partial charge in [0.1, 0.15) is 17.5 Å². The van der Waals surface area contributed by atoms with Gasteiger partial charge in [0.25, 0.3) is 0 Å².